The second-order valence-corrected chi connectivity index (χ2v) is 5.55. The first-order valence-corrected chi connectivity index (χ1v) is 6.49. The van der Waals surface area contributed by atoms with Gasteiger partial charge in [0, 0.05) is 11.5 Å². The predicted octanol–water partition coefficient (Wildman–Crippen LogP) is 4.54. The second-order valence-electron chi connectivity index (χ2n) is 5.15. The molecule has 7 heteroatoms. The fourth-order valence-electron chi connectivity index (χ4n) is 1.45. The zero-order valence-corrected chi connectivity index (χ0v) is 12.4. The number of rotatable bonds is 4. The SMILES string of the molecule is CC(C)(C)OC(=O)Nc1ccc(CCN=[N+]=[N-])cc1Cl. The number of benzene rings is 1. The van der Waals surface area contributed by atoms with E-state index in [0.717, 1.165) is 5.56 Å². The van der Waals surface area contributed by atoms with E-state index in [1.54, 1.807) is 32.9 Å². The van der Waals surface area contributed by atoms with Gasteiger partial charge in [0.1, 0.15) is 5.60 Å². The molecule has 0 saturated heterocycles. The lowest BCUT2D eigenvalue weighted by molar-refractivity contribution is 0.0636. The minimum atomic E-state index is -0.564. The topological polar surface area (TPSA) is 87.1 Å². The number of amides is 1. The molecule has 0 aromatic heterocycles. The van der Waals surface area contributed by atoms with E-state index in [9.17, 15) is 4.79 Å². The maximum absolute atomic E-state index is 11.6. The number of azide groups is 1. The van der Waals surface area contributed by atoms with E-state index in [4.69, 9.17) is 21.9 Å². The Morgan fingerprint density at radius 3 is 2.75 bits per heavy atom. The lowest BCUT2D eigenvalue weighted by Crippen LogP contribution is -2.27. The molecule has 1 rings (SSSR count). The second kappa shape index (κ2) is 7.03. The van der Waals surface area contributed by atoms with Crippen molar-refractivity contribution in [3.05, 3.63) is 39.2 Å². The Morgan fingerprint density at radius 2 is 2.20 bits per heavy atom. The third-order valence-corrected chi connectivity index (χ3v) is 2.55. The number of hydrogen-bond acceptors (Lipinski definition) is 3. The third-order valence-electron chi connectivity index (χ3n) is 2.23. The van der Waals surface area contributed by atoms with Gasteiger partial charge in [0.15, 0.2) is 0 Å². The van der Waals surface area contributed by atoms with Gasteiger partial charge in [-0.1, -0.05) is 22.8 Å². The highest BCUT2D eigenvalue weighted by atomic mass is 35.5. The van der Waals surface area contributed by atoms with Crippen LogP contribution in [0.2, 0.25) is 5.02 Å². The van der Waals surface area contributed by atoms with Gasteiger partial charge in [0.2, 0.25) is 0 Å². The van der Waals surface area contributed by atoms with Gasteiger partial charge in [-0.15, -0.1) is 0 Å². The molecular weight excluding hydrogens is 280 g/mol. The van der Waals surface area contributed by atoms with Crippen LogP contribution in [0.25, 0.3) is 10.4 Å². The smallest absolute Gasteiger partial charge is 0.412 e. The largest absolute Gasteiger partial charge is 0.444 e. The molecule has 0 spiro atoms. The van der Waals surface area contributed by atoms with Crippen molar-refractivity contribution in [3.63, 3.8) is 0 Å². The van der Waals surface area contributed by atoms with Crippen molar-refractivity contribution < 1.29 is 9.53 Å². The summed E-state index contributed by atoms with van der Waals surface area (Å²) in [5.41, 5.74) is 9.05. The van der Waals surface area contributed by atoms with Crippen LogP contribution in [0.4, 0.5) is 10.5 Å². The summed E-state index contributed by atoms with van der Waals surface area (Å²) >= 11 is 6.08. The number of nitrogens with zero attached hydrogens (tertiary/aromatic N) is 3. The van der Waals surface area contributed by atoms with Crippen LogP contribution in [-0.2, 0) is 11.2 Å². The predicted molar refractivity (Wildman–Crippen MR) is 79.0 cm³/mol. The van der Waals surface area contributed by atoms with Crippen molar-refractivity contribution in [2.45, 2.75) is 32.8 Å². The van der Waals surface area contributed by atoms with Crippen LogP contribution in [0, 0.1) is 0 Å². The minimum Gasteiger partial charge on any atom is -0.444 e. The normalized spacial score (nSPS) is 10.6. The van der Waals surface area contributed by atoms with Crippen LogP contribution in [0.15, 0.2) is 23.3 Å². The average molecular weight is 297 g/mol. The average Bonchev–Trinajstić information content (AvgIpc) is 2.30. The van der Waals surface area contributed by atoms with E-state index in [1.165, 1.54) is 0 Å². The van der Waals surface area contributed by atoms with Crippen LogP contribution < -0.4 is 5.32 Å². The summed E-state index contributed by atoms with van der Waals surface area (Å²) in [4.78, 5) is 14.3. The van der Waals surface area contributed by atoms with Crippen LogP contribution in [0.3, 0.4) is 0 Å². The summed E-state index contributed by atoms with van der Waals surface area (Å²) in [6.45, 7) is 5.72. The molecule has 0 heterocycles. The van der Waals surface area contributed by atoms with E-state index < -0.39 is 11.7 Å². The maximum atomic E-state index is 11.6. The highest BCUT2D eigenvalue weighted by molar-refractivity contribution is 6.33. The van der Waals surface area contributed by atoms with Crippen molar-refractivity contribution in [3.8, 4) is 0 Å². The van der Waals surface area contributed by atoms with Crippen molar-refractivity contribution in [2.75, 3.05) is 11.9 Å². The number of anilines is 1. The van der Waals surface area contributed by atoms with Crippen molar-refractivity contribution in [1.82, 2.24) is 0 Å². The molecule has 0 unspecified atom stereocenters. The molecule has 0 radical (unpaired) electrons. The Bertz CT molecular complexity index is 534. The Balaban J connectivity index is 2.68. The van der Waals surface area contributed by atoms with Crippen LogP contribution >= 0.6 is 11.6 Å². The van der Waals surface area contributed by atoms with E-state index >= 15 is 0 Å². The molecule has 0 aliphatic heterocycles. The van der Waals surface area contributed by atoms with E-state index in [0.29, 0.717) is 23.7 Å². The standard InChI is InChI=1S/C13H17ClN4O2/c1-13(2,3)20-12(19)17-11-5-4-9(8-10(11)14)6-7-16-18-15/h4-5,8H,6-7H2,1-3H3,(H,17,19). The maximum Gasteiger partial charge on any atom is 0.412 e. The minimum absolute atomic E-state index is 0.367. The van der Waals surface area contributed by atoms with Crippen LogP contribution in [-0.4, -0.2) is 18.2 Å². The summed E-state index contributed by atoms with van der Waals surface area (Å²) < 4.78 is 5.14. The van der Waals surface area contributed by atoms with Crippen molar-refractivity contribution >= 4 is 23.4 Å². The monoisotopic (exact) mass is 296 g/mol. The fraction of sp³-hybridized carbons (Fsp3) is 0.462. The van der Waals surface area contributed by atoms with Gasteiger partial charge < -0.3 is 4.74 Å². The number of halogens is 1. The van der Waals surface area contributed by atoms with E-state index in [-0.39, 0.29) is 0 Å². The van der Waals surface area contributed by atoms with Crippen molar-refractivity contribution in [2.24, 2.45) is 5.11 Å². The summed E-state index contributed by atoms with van der Waals surface area (Å²) in [7, 11) is 0. The zero-order chi connectivity index (χ0) is 15.2. The lowest BCUT2D eigenvalue weighted by Gasteiger charge is -2.20. The molecule has 20 heavy (non-hydrogen) atoms. The van der Waals surface area contributed by atoms with Gasteiger partial charge in [-0.05, 0) is 50.4 Å². The van der Waals surface area contributed by atoms with Gasteiger partial charge in [-0.25, -0.2) is 4.79 Å². The molecule has 0 atom stereocenters. The number of hydrogen-bond donors (Lipinski definition) is 1. The first-order valence-electron chi connectivity index (χ1n) is 6.11. The van der Waals surface area contributed by atoms with Gasteiger partial charge >= 0.3 is 6.09 Å². The summed E-state index contributed by atoms with van der Waals surface area (Å²) in [6, 6.07) is 5.23. The third kappa shape index (κ3) is 5.82. The Hall–Kier alpha value is -1.91. The zero-order valence-electron chi connectivity index (χ0n) is 11.7. The number of ether oxygens (including phenoxy) is 1. The molecule has 0 fully saturated rings. The van der Waals surface area contributed by atoms with Gasteiger partial charge in [0.25, 0.3) is 0 Å². The van der Waals surface area contributed by atoms with Crippen molar-refractivity contribution in [1.29, 1.82) is 0 Å². The molecule has 6 nitrogen and oxygen atoms in total. The first-order chi connectivity index (χ1) is 9.31. The number of carbonyl (C=O) groups is 1. The summed E-state index contributed by atoms with van der Waals surface area (Å²) in [6.07, 6.45) is 0.0393. The quantitative estimate of drug-likeness (QED) is 0.502. The molecule has 108 valence electrons. The van der Waals surface area contributed by atoms with Gasteiger partial charge in [-0.3, -0.25) is 5.32 Å². The van der Waals surface area contributed by atoms with E-state index in [1.807, 2.05) is 6.07 Å². The highest BCUT2D eigenvalue weighted by Crippen LogP contribution is 2.24. The Kier molecular flexibility index (Phi) is 5.67. The number of nitrogens with one attached hydrogen (secondary N) is 1. The Labute approximate surface area is 122 Å². The highest BCUT2D eigenvalue weighted by Gasteiger charge is 2.17. The summed E-state index contributed by atoms with van der Waals surface area (Å²) in [5.74, 6) is 0. The lowest BCUT2D eigenvalue weighted by atomic mass is 10.1. The summed E-state index contributed by atoms with van der Waals surface area (Å²) in [5, 5.41) is 6.45. The molecule has 1 N–H and O–H groups in total. The molecule has 0 saturated carbocycles. The molecular formula is C13H17ClN4O2. The first kappa shape index (κ1) is 16.1. The van der Waals surface area contributed by atoms with Crippen LogP contribution in [0.5, 0.6) is 0 Å². The van der Waals surface area contributed by atoms with Crippen LogP contribution in [0.1, 0.15) is 26.3 Å². The molecule has 1 aromatic rings. The fourth-order valence-corrected chi connectivity index (χ4v) is 1.70. The van der Waals surface area contributed by atoms with Gasteiger partial charge in [0.05, 0.1) is 10.7 Å². The molecule has 1 aromatic carbocycles. The molecule has 0 aliphatic rings. The molecule has 1 amide bonds. The number of carbonyl (C=O) groups excluding carboxylic acids is 1. The van der Waals surface area contributed by atoms with Gasteiger partial charge in [-0.2, -0.15) is 0 Å². The molecule has 0 aliphatic carbocycles. The van der Waals surface area contributed by atoms with E-state index in [2.05, 4.69) is 15.3 Å². The molecule has 0 bridgehead atoms. The Morgan fingerprint density at radius 1 is 1.50 bits per heavy atom.